The van der Waals surface area contributed by atoms with Gasteiger partial charge in [0.05, 0.1) is 12.6 Å². The zero-order valence-corrected chi connectivity index (χ0v) is 16.7. The lowest BCUT2D eigenvalue weighted by Gasteiger charge is -2.32. The van der Waals surface area contributed by atoms with Crippen molar-refractivity contribution in [3.63, 3.8) is 0 Å². The van der Waals surface area contributed by atoms with E-state index >= 15 is 0 Å². The first-order valence-electron chi connectivity index (χ1n) is 9.19. The first kappa shape index (κ1) is 19.3. The summed E-state index contributed by atoms with van der Waals surface area (Å²) in [5.41, 5.74) is 4.75. The number of aromatic nitrogens is 3. The first-order valence-corrected chi connectivity index (χ1v) is 10.1. The molecule has 3 aromatic rings. The minimum absolute atomic E-state index is 0.187. The molecule has 29 heavy (non-hydrogen) atoms. The van der Waals surface area contributed by atoms with Gasteiger partial charge in [-0.3, -0.25) is 4.79 Å². The standard InChI is InChI=1S/C20H20FN5O2S/c1-3-28-16-10-8-15(9-11-16)22-19(27)18-17(13-4-6-14(21)7-5-13)25-26-12(2)23-24-20(26)29-18/h4-11,17-18,25H,3H2,1-2H3,(H,22,27)/t17-,18+/m1/s1. The van der Waals surface area contributed by atoms with Crippen LogP contribution in [-0.4, -0.2) is 32.6 Å². The second-order valence-corrected chi connectivity index (χ2v) is 7.62. The molecule has 150 valence electrons. The highest BCUT2D eigenvalue weighted by atomic mass is 32.2. The highest BCUT2D eigenvalue weighted by Gasteiger charge is 2.37. The summed E-state index contributed by atoms with van der Waals surface area (Å²) in [6, 6.07) is 12.9. The molecule has 0 radical (unpaired) electrons. The van der Waals surface area contributed by atoms with Crippen LogP contribution < -0.4 is 15.5 Å². The minimum atomic E-state index is -0.525. The number of ether oxygens (including phenoxy) is 1. The number of nitrogens with zero attached hydrogens (tertiary/aromatic N) is 3. The van der Waals surface area contributed by atoms with Crippen LogP contribution in [0.3, 0.4) is 0 Å². The average molecular weight is 413 g/mol. The number of halogens is 1. The molecule has 1 amide bonds. The predicted octanol–water partition coefficient (Wildman–Crippen LogP) is 3.52. The van der Waals surface area contributed by atoms with Crippen molar-refractivity contribution in [1.82, 2.24) is 14.9 Å². The van der Waals surface area contributed by atoms with E-state index in [4.69, 9.17) is 4.74 Å². The van der Waals surface area contributed by atoms with Crippen LogP contribution in [0, 0.1) is 12.7 Å². The van der Waals surface area contributed by atoms with Gasteiger partial charge in [-0.05, 0) is 55.8 Å². The Kier molecular flexibility index (Phi) is 5.39. The van der Waals surface area contributed by atoms with E-state index in [9.17, 15) is 9.18 Å². The predicted molar refractivity (Wildman–Crippen MR) is 109 cm³/mol. The van der Waals surface area contributed by atoms with Crippen LogP contribution in [0.2, 0.25) is 0 Å². The van der Waals surface area contributed by atoms with Crippen molar-refractivity contribution in [2.75, 3.05) is 17.3 Å². The monoisotopic (exact) mass is 413 g/mol. The third-order valence-electron chi connectivity index (χ3n) is 4.52. The summed E-state index contributed by atoms with van der Waals surface area (Å²) in [5.74, 6) is 0.915. The molecule has 0 saturated heterocycles. The smallest absolute Gasteiger partial charge is 0.240 e. The molecule has 9 heteroatoms. The van der Waals surface area contributed by atoms with Gasteiger partial charge in [-0.25, -0.2) is 9.07 Å². The van der Waals surface area contributed by atoms with E-state index in [-0.39, 0.29) is 17.8 Å². The fourth-order valence-corrected chi connectivity index (χ4v) is 4.22. The van der Waals surface area contributed by atoms with Crippen LogP contribution in [-0.2, 0) is 4.79 Å². The summed E-state index contributed by atoms with van der Waals surface area (Å²) in [7, 11) is 0. The van der Waals surface area contributed by atoms with E-state index in [0.717, 1.165) is 11.3 Å². The van der Waals surface area contributed by atoms with Gasteiger partial charge in [-0.1, -0.05) is 23.9 Å². The molecule has 2 atom stereocenters. The molecule has 0 spiro atoms. The molecule has 4 rings (SSSR count). The maximum absolute atomic E-state index is 13.4. The van der Waals surface area contributed by atoms with Crippen LogP contribution in [0.15, 0.2) is 53.7 Å². The summed E-state index contributed by atoms with van der Waals surface area (Å²) in [5, 5.41) is 11.2. The summed E-state index contributed by atoms with van der Waals surface area (Å²) in [6.45, 7) is 4.32. The summed E-state index contributed by atoms with van der Waals surface area (Å²) < 4.78 is 20.6. The number of anilines is 1. The highest BCUT2D eigenvalue weighted by Crippen LogP contribution is 2.37. The molecule has 0 fully saturated rings. The Morgan fingerprint density at radius 1 is 1.21 bits per heavy atom. The maximum Gasteiger partial charge on any atom is 0.240 e. The third-order valence-corrected chi connectivity index (χ3v) is 5.73. The van der Waals surface area contributed by atoms with E-state index in [1.54, 1.807) is 28.9 Å². The van der Waals surface area contributed by atoms with Crippen molar-refractivity contribution in [3.8, 4) is 5.75 Å². The number of amides is 1. The number of thioether (sulfide) groups is 1. The molecule has 0 saturated carbocycles. The fraction of sp³-hybridized carbons (Fsp3) is 0.250. The molecule has 2 N–H and O–H groups in total. The zero-order chi connectivity index (χ0) is 20.4. The molecule has 1 aliphatic heterocycles. The number of carbonyl (C=O) groups excluding carboxylic acids is 1. The largest absolute Gasteiger partial charge is 0.494 e. The van der Waals surface area contributed by atoms with E-state index in [1.807, 2.05) is 26.0 Å². The van der Waals surface area contributed by atoms with Gasteiger partial charge in [0.15, 0.2) is 0 Å². The number of nitrogens with one attached hydrogen (secondary N) is 2. The normalized spacial score (nSPS) is 17.9. The second-order valence-electron chi connectivity index (χ2n) is 6.51. The number of carbonyl (C=O) groups is 1. The Labute approximate surface area is 171 Å². The number of aryl methyl sites for hydroxylation is 1. The lowest BCUT2D eigenvalue weighted by Crippen LogP contribution is -2.41. The number of benzene rings is 2. The van der Waals surface area contributed by atoms with Crippen molar-refractivity contribution >= 4 is 23.4 Å². The van der Waals surface area contributed by atoms with E-state index < -0.39 is 5.25 Å². The van der Waals surface area contributed by atoms with Crippen LogP contribution in [0.5, 0.6) is 5.75 Å². The van der Waals surface area contributed by atoms with Crippen LogP contribution >= 0.6 is 11.8 Å². The second kappa shape index (κ2) is 8.12. The molecule has 7 nitrogen and oxygen atoms in total. The van der Waals surface area contributed by atoms with Crippen molar-refractivity contribution in [1.29, 1.82) is 0 Å². The quantitative estimate of drug-likeness (QED) is 0.666. The molecule has 1 aromatic heterocycles. The highest BCUT2D eigenvalue weighted by molar-refractivity contribution is 8.00. The van der Waals surface area contributed by atoms with E-state index in [1.165, 1.54) is 23.9 Å². The number of fused-ring (bicyclic) bond motifs is 1. The molecular formula is C20H20FN5O2S. The lowest BCUT2D eigenvalue weighted by molar-refractivity contribution is -0.116. The Hall–Kier alpha value is -3.07. The van der Waals surface area contributed by atoms with Crippen LogP contribution in [0.25, 0.3) is 0 Å². The van der Waals surface area contributed by atoms with Gasteiger partial charge in [-0.2, -0.15) is 0 Å². The third kappa shape index (κ3) is 4.04. The lowest BCUT2D eigenvalue weighted by atomic mass is 10.0. The Bertz CT molecular complexity index is 1010. The van der Waals surface area contributed by atoms with Crippen molar-refractivity contribution < 1.29 is 13.9 Å². The molecule has 0 bridgehead atoms. The van der Waals surface area contributed by atoms with Gasteiger partial charge in [-0.15, -0.1) is 10.2 Å². The van der Waals surface area contributed by atoms with Crippen LogP contribution in [0.1, 0.15) is 24.4 Å². The van der Waals surface area contributed by atoms with E-state index in [2.05, 4.69) is 20.9 Å². The maximum atomic E-state index is 13.4. The van der Waals surface area contributed by atoms with Gasteiger partial charge in [0.2, 0.25) is 11.1 Å². The van der Waals surface area contributed by atoms with Crippen molar-refractivity contribution in [2.24, 2.45) is 0 Å². The van der Waals surface area contributed by atoms with Crippen molar-refractivity contribution in [3.05, 3.63) is 65.7 Å². The summed E-state index contributed by atoms with van der Waals surface area (Å²) >= 11 is 1.32. The summed E-state index contributed by atoms with van der Waals surface area (Å²) in [6.07, 6.45) is 0. The molecule has 2 heterocycles. The number of rotatable bonds is 5. The van der Waals surface area contributed by atoms with Gasteiger partial charge in [0, 0.05) is 5.69 Å². The van der Waals surface area contributed by atoms with Gasteiger partial charge in [0.1, 0.15) is 22.6 Å². The summed E-state index contributed by atoms with van der Waals surface area (Å²) in [4.78, 5) is 13.1. The Morgan fingerprint density at radius 2 is 1.93 bits per heavy atom. The molecule has 0 unspecified atom stereocenters. The Balaban J connectivity index is 1.59. The van der Waals surface area contributed by atoms with E-state index in [0.29, 0.717) is 23.3 Å². The first-order chi connectivity index (χ1) is 14.0. The van der Waals surface area contributed by atoms with Gasteiger partial charge < -0.3 is 15.5 Å². The minimum Gasteiger partial charge on any atom is -0.494 e. The SMILES string of the molecule is CCOc1ccc(NC(=O)[C@H]2Sc3nnc(C)n3N[C@@H]2c2ccc(F)cc2)cc1. The van der Waals surface area contributed by atoms with Crippen LogP contribution in [0.4, 0.5) is 10.1 Å². The zero-order valence-electron chi connectivity index (χ0n) is 15.9. The van der Waals surface area contributed by atoms with Gasteiger partial charge in [0.25, 0.3) is 0 Å². The molecule has 0 aliphatic carbocycles. The van der Waals surface area contributed by atoms with Crippen molar-refractivity contribution in [2.45, 2.75) is 30.3 Å². The molecular weight excluding hydrogens is 393 g/mol. The Morgan fingerprint density at radius 3 is 2.62 bits per heavy atom. The number of hydrogen-bond acceptors (Lipinski definition) is 6. The number of hydrogen-bond donors (Lipinski definition) is 2. The average Bonchev–Trinajstić information content (AvgIpc) is 3.09. The topological polar surface area (TPSA) is 81.1 Å². The molecule has 2 aromatic carbocycles. The molecule has 1 aliphatic rings. The van der Waals surface area contributed by atoms with Gasteiger partial charge >= 0.3 is 0 Å². The fourth-order valence-electron chi connectivity index (χ4n) is 3.10.